The summed E-state index contributed by atoms with van der Waals surface area (Å²) in [6.45, 7) is 0. The lowest BCUT2D eigenvalue weighted by Crippen LogP contribution is -2.43. The molecule has 1 aliphatic rings. The quantitative estimate of drug-likeness (QED) is 0.708. The first kappa shape index (κ1) is 7.55. The number of nitrogens with zero attached hydrogens (tertiary/aromatic N) is 1. The van der Waals surface area contributed by atoms with Crippen molar-refractivity contribution >= 4 is 0 Å². The van der Waals surface area contributed by atoms with Gasteiger partial charge < -0.3 is 10.5 Å². The van der Waals surface area contributed by atoms with Crippen molar-refractivity contribution in [3.8, 4) is 5.88 Å². The predicted octanol–water partition coefficient (Wildman–Crippen LogP) is 0.950. The van der Waals surface area contributed by atoms with Crippen molar-refractivity contribution in [2.45, 2.75) is 25.0 Å². The van der Waals surface area contributed by atoms with Gasteiger partial charge in [-0.15, -0.1) is 0 Å². The van der Waals surface area contributed by atoms with Crippen molar-refractivity contribution < 1.29 is 4.74 Å². The van der Waals surface area contributed by atoms with Gasteiger partial charge in [-0.3, -0.25) is 0 Å². The van der Waals surface area contributed by atoms with E-state index >= 15 is 0 Å². The fourth-order valence-electron chi connectivity index (χ4n) is 1.29. The molecule has 1 aliphatic carbocycles. The minimum Gasteiger partial charge on any atom is -0.474 e. The Hall–Kier alpha value is -1.09. The average molecular weight is 164 g/mol. The molecule has 0 saturated heterocycles. The summed E-state index contributed by atoms with van der Waals surface area (Å²) in [5, 5.41) is 0. The van der Waals surface area contributed by atoms with E-state index in [9.17, 15) is 0 Å². The summed E-state index contributed by atoms with van der Waals surface area (Å²) < 4.78 is 5.53. The molecular weight excluding hydrogens is 152 g/mol. The molecule has 0 amide bonds. The minimum atomic E-state index is 0.287. The van der Waals surface area contributed by atoms with Crippen molar-refractivity contribution in [1.29, 1.82) is 0 Å². The number of rotatable bonds is 2. The van der Waals surface area contributed by atoms with Gasteiger partial charge in [-0.1, -0.05) is 6.07 Å². The first-order valence-corrected chi connectivity index (χ1v) is 4.18. The zero-order chi connectivity index (χ0) is 8.39. The Labute approximate surface area is 71.6 Å². The Morgan fingerprint density at radius 3 is 2.83 bits per heavy atom. The molecule has 64 valence electrons. The second kappa shape index (κ2) is 3.11. The normalized spacial score (nSPS) is 27.8. The summed E-state index contributed by atoms with van der Waals surface area (Å²) in [5.74, 6) is 0.703. The lowest BCUT2D eigenvalue weighted by molar-refractivity contribution is 0.0958. The van der Waals surface area contributed by atoms with Crippen LogP contribution in [0.4, 0.5) is 0 Å². The third-order valence-electron chi connectivity index (χ3n) is 2.06. The van der Waals surface area contributed by atoms with Gasteiger partial charge in [0, 0.05) is 18.3 Å². The summed E-state index contributed by atoms with van der Waals surface area (Å²) in [7, 11) is 0. The number of hydrogen-bond acceptors (Lipinski definition) is 3. The molecule has 1 heterocycles. The Bertz CT molecular complexity index is 244. The van der Waals surface area contributed by atoms with Crippen molar-refractivity contribution in [1.82, 2.24) is 4.98 Å². The van der Waals surface area contributed by atoms with Crippen LogP contribution in [-0.2, 0) is 0 Å². The maximum absolute atomic E-state index is 5.62. The number of ether oxygens (including phenoxy) is 1. The smallest absolute Gasteiger partial charge is 0.213 e. The van der Waals surface area contributed by atoms with E-state index < -0.39 is 0 Å². The Morgan fingerprint density at radius 2 is 2.25 bits per heavy atom. The van der Waals surface area contributed by atoms with Gasteiger partial charge in [0.15, 0.2) is 0 Å². The molecule has 3 heteroatoms. The molecule has 1 fully saturated rings. The molecule has 0 radical (unpaired) electrons. The van der Waals surface area contributed by atoms with Crippen LogP contribution in [0.3, 0.4) is 0 Å². The minimum absolute atomic E-state index is 0.287. The fourth-order valence-corrected chi connectivity index (χ4v) is 1.29. The van der Waals surface area contributed by atoms with Gasteiger partial charge in [0.2, 0.25) is 5.88 Å². The molecule has 0 aromatic carbocycles. The molecule has 0 unspecified atom stereocenters. The first-order valence-electron chi connectivity index (χ1n) is 4.18. The van der Waals surface area contributed by atoms with Crippen LogP contribution in [0.5, 0.6) is 5.88 Å². The summed E-state index contributed by atoms with van der Waals surface area (Å²) in [4.78, 5) is 4.06. The van der Waals surface area contributed by atoms with E-state index in [-0.39, 0.29) is 6.10 Å². The summed E-state index contributed by atoms with van der Waals surface area (Å²) in [6.07, 6.45) is 3.93. The van der Waals surface area contributed by atoms with Crippen LogP contribution in [0.1, 0.15) is 12.8 Å². The van der Waals surface area contributed by atoms with Crippen LogP contribution < -0.4 is 10.5 Å². The highest BCUT2D eigenvalue weighted by Gasteiger charge is 2.27. The highest BCUT2D eigenvalue weighted by Crippen LogP contribution is 2.22. The van der Waals surface area contributed by atoms with E-state index in [1.165, 1.54) is 0 Å². The molecular formula is C9H12N2O. The maximum Gasteiger partial charge on any atom is 0.213 e. The molecule has 1 aromatic rings. The van der Waals surface area contributed by atoms with Gasteiger partial charge >= 0.3 is 0 Å². The van der Waals surface area contributed by atoms with E-state index in [0.29, 0.717) is 11.9 Å². The Morgan fingerprint density at radius 1 is 1.42 bits per heavy atom. The number of aromatic nitrogens is 1. The molecule has 0 aliphatic heterocycles. The molecule has 0 spiro atoms. The van der Waals surface area contributed by atoms with Crippen LogP contribution in [0.15, 0.2) is 24.4 Å². The summed E-state index contributed by atoms with van der Waals surface area (Å²) >= 11 is 0. The van der Waals surface area contributed by atoms with E-state index in [1.807, 2.05) is 18.2 Å². The van der Waals surface area contributed by atoms with Gasteiger partial charge in [-0.25, -0.2) is 4.98 Å². The van der Waals surface area contributed by atoms with Gasteiger partial charge in [0.1, 0.15) is 6.10 Å². The van der Waals surface area contributed by atoms with Gasteiger partial charge in [-0.2, -0.15) is 0 Å². The van der Waals surface area contributed by atoms with Crippen molar-refractivity contribution in [2.75, 3.05) is 0 Å². The average Bonchev–Trinajstić information content (AvgIpc) is 2.04. The van der Waals surface area contributed by atoms with Crippen LogP contribution in [-0.4, -0.2) is 17.1 Å². The lowest BCUT2D eigenvalue weighted by atomic mass is 9.90. The Kier molecular flexibility index (Phi) is 1.96. The zero-order valence-electron chi connectivity index (χ0n) is 6.81. The van der Waals surface area contributed by atoms with Crippen LogP contribution in [0, 0.1) is 0 Å². The first-order chi connectivity index (χ1) is 5.84. The van der Waals surface area contributed by atoms with Crippen molar-refractivity contribution in [2.24, 2.45) is 5.73 Å². The predicted molar refractivity (Wildman–Crippen MR) is 45.9 cm³/mol. The number of nitrogens with two attached hydrogens (primary N) is 1. The van der Waals surface area contributed by atoms with Crippen LogP contribution in [0.2, 0.25) is 0 Å². The second-order valence-corrected chi connectivity index (χ2v) is 3.14. The summed E-state index contributed by atoms with van der Waals surface area (Å²) in [5.41, 5.74) is 5.62. The van der Waals surface area contributed by atoms with E-state index in [2.05, 4.69) is 4.98 Å². The largest absolute Gasteiger partial charge is 0.474 e. The van der Waals surface area contributed by atoms with Crippen LogP contribution in [0.25, 0.3) is 0 Å². The summed E-state index contributed by atoms with van der Waals surface area (Å²) in [6, 6.07) is 5.99. The van der Waals surface area contributed by atoms with E-state index in [4.69, 9.17) is 10.5 Å². The Balaban J connectivity index is 1.88. The number of hydrogen-bond donors (Lipinski definition) is 1. The highest BCUT2D eigenvalue weighted by atomic mass is 16.5. The highest BCUT2D eigenvalue weighted by molar-refractivity contribution is 5.10. The maximum atomic E-state index is 5.62. The third-order valence-corrected chi connectivity index (χ3v) is 2.06. The lowest BCUT2D eigenvalue weighted by Gasteiger charge is -2.31. The monoisotopic (exact) mass is 164 g/mol. The van der Waals surface area contributed by atoms with Gasteiger partial charge in [0.25, 0.3) is 0 Å². The number of pyridine rings is 1. The molecule has 2 N–H and O–H groups in total. The van der Waals surface area contributed by atoms with Crippen LogP contribution >= 0.6 is 0 Å². The molecule has 2 rings (SSSR count). The topological polar surface area (TPSA) is 48.1 Å². The molecule has 0 bridgehead atoms. The molecule has 12 heavy (non-hydrogen) atoms. The van der Waals surface area contributed by atoms with Crippen molar-refractivity contribution in [3.05, 3.63) is 24.4 Å². The van der Waals surface area contributed by atoms with Gasteiger partial charge in [0.05, 0.1) is 0 Å². The van der Waals surface area contributed by atoms with Crippen molar-refractivity contribution in [3.63, 3.8) is 0 Å². The second-order valence-electron chi connectivity index (χ2n) is 3.14. The molecule has 1 saturated carbocycles. The van der Waals surface area contributed by atoms with E-state index in [1.54, 1.807) is 6.20 Å². The third kappa shape index (κ3) is 1.56. The van der Waals surface area contributed by atoms with Gasteiger partial charge in [-0.05, 0) is 18.9 Å². The standard InChI is InChI=1S/C9H12N2O/c10-7-5-8(6-7)12-9-3-1-2-4-11-9/h1-4,7-8H,5-6,10H2. The molecule has 3 nitrogen and oxygen atoms in total. The molecule has 0 atom stereocenters. The van der Waals surface area contributed by atoms with E-state index in [0.717, 1.165) is 12.8 Å². The SMILES string of the molecule is NC1CC(Oc2ccccn2)C1. The molecule has 1 aromatic heterocycles. The fraction of sp³-hybridized carbons (Fsp3) is 0.444. The zero-order valence-corrected chi connectivity index (χ0v) is 6.81.